The molecule has 0 spiro atoms. The highest BCUT2D eigenvalue weighted by atomic mass is 16.1. The van der Waals surface area contributed by atoms with Crippen LogP contribution in [0.2, 0.25) is 0 Å². The van der Waals surface area contributed by atoms with E-state index >= 15 is 0 Å². The summed E-state index contributed by atoms with van der Waals surface area (Å²) in [6, 6.07) is 8.01. The van der Waals surface area contributed by atoms with E-state index in [1.54, 1.807) is 18.5 Å². The van der Waals surface area contributed by atoms with Crippen molar-refractivity contribution < 1.29 is 4.79 Å². The van der Waals surface area contributed by atoms with Gasteiger partial charge in [0.15, 0.2) is 5.78 Å². The van der Waals surface area contributed by atoms with Gasteiger partial charge in [-0.3, -0.25) is 14.8 Å². The quantitative estimate of drug-likeness (QED) is 0.381. The molecule has 4 heteroatoms. The van der Waals surface area contributed by atoms with Crippen LogP contribution in [0, 0.1) is 0 Å². The number of fused-ring (bicyclic) bond motifs is 1. The Balaban J connectivity index is 1.28. The zero-order chi connectivity index (χ0) is 18.0. The van der Waals surface area contributed by atoms with E-state index < -0.39 is 0 Å². The molecule has 0 aliphatic carbocycles. The second-order valence-corrected chi connectivity index (χ2v) is 6.55. The van der Waals surface area contributed by atoms with Crippen molar-refractivity contribution in [3.05, 3.63) is 66.9 Å². The Hall–Kier alpha value is -2.75. The summed E-state index contributed by atoms with van der Waals surface area (Å²) in [6.45, 7) is 1.04. The maximum absolute atomic E-state index is 11.9. The molecule has 3 aromatic heterocycles. The van der Waals surface area contributed by atoms with E-state index in [4.69, 9.17) is 0 Å². The number of pyridine rings is 2. The molecule has 3 rings (SSSR count). The second-order valence-electron chi connectivity index (χ2n) is 6.55. The second kappa shape index (κ2) is 9.66. The van der Waals surface area contributed by atoms with Gasteiger partial charge in [-0.25, -0.2) is 0 Å². The molecule has 0 atom stereocenters. The number of rotatable bonds is 10. The predicted octanol–water partition coefficient (Wildman–Crippen LogP) is 5.05. The molecule has 0 bridgehead atoms. The van der Waals surface area contributed by atoms with E-state index in [9.17, 15) is 4.79 Å². The summed E-state index contributed by atoms with van der Waals surface area (Å²) in [4.78, 5) is 20.1. The third-order valence-corrected chi connectivity index (χ3v) is 4.54. The van der Waals surface area contributed by atoms with Crippen molar-refractivity contribution in [2.75, 3.05) is 0 Å². The summed E-state index contributed by atoms with van der Waals surface area (Å²) in [5.41, 5.74) is 2.22. The van der Waals surface area contributed by atoms with Crippen molar-refractivity contribution in [1.82, 2.24) is 14.5 Å². The van der Waals surface area contributed by atoms with Crippen molar-refractivity contribution in [3.8, 4) is 0 Å². The number of hydrogen-bond donors (Lipinski definition) is 0. The van der Waals surface area contributed by atoms with Crippen molar-refractivity contribution in [1.29, 1.82) is 0 Å². The van der Waals surface area contributed by atoms with E-state index in [2.05, 4.69) is 32.9 Å². The minimum absolute atomic E-state index is 0.196. The first kappa shape index (κ1) is 18.1. The molecule has 0 aliphatic rings. The molecule has 0 N–H and O–H groups in total. The number of aryl methyl sites for hydroxylation is 1. The summed E-state index contributed by atoms with van der Waals surface area (Å²) >= 11 is 0. The number of allylic oxidation sites excluding steroid dienone is 1. The number of hydrogen-bond acceptors (Lipinski definition) is 3. The van der Waals surface area contributed by atoms with Gasteiger partial charge in [0, 0.05) is 49.3 Å². The topological polar surface area (TPSA) is 47.8 Å². The highest BCUT2D eigenvalue weighted by molar-refractivity contribution is 5.93. The molecule has 26 heavy (non-hydrogen) atoms. The maximum Gasteiger partial charge on any atom is 0.155 e. The van der Waals surface area contributed by atoms with Gasteiger partial charge in [-0.2, -0.15) is 0 Å². The van der Waals surface area contributed by atoms with Crippen LogP contribution in [0.25, 0.3) is 17.0 Å². The van der Waals surface area contributed by atoms with Crippen LogP contribution in [-0.2, 0) is 11.3 Å². The number of ketones is 1. The Kier molecular flexibility index (Phi) is 6.71. The summed E-state index contributed by atoms with van der Waals surface area (Å²) in [5, 5.41) is 1.20. The fraction of sp³-hybridized carbons (Fsp3) is 0.318. The van der Waals surface area contributed by atoms with Crippen molar-refractivity contribution in [3.63, 3.8) is 0 Å². The Bertz CT molecular complexity index is 852. The lowest BCUT2D eigenvalue weighted by Gasteiger charge is -2.05. The van der Waals surface area contributed by atoms with E-state index in [1.807, 2.05) is 30.6 Å². The third-order valence-electron chi connectivity index (χ3n) is 4.54. The van der Waals surface area contributed by atoms with Gasteiger partial charge < -0.3 is 4.57 Å². The Labute approximate surface area is 154 Å². The smallest absolute Gasteiger partial charge is 0.155 e. The molecule has 0 aliphatic heterocycles. The maximum atomic E-state index is 11.9. The van der Waals surface area contributed by atoms with Gasteiger partial charge in [-0.05, 0) is 48.8 Å². The van der Waals surface area contributed by atoms with Crippen LogP contribution in [0.5, 0.6) is 0 Å². The molecule has 134 valence electrons. The number of aromatic nitrogens is 3. The Morgan fingerprint density at radius 3 is 2.69 bits per heavy atom. The fourth-order valence-electron chi connectivity index (χ4n) is 3.09. The fourth-order valence-corrected chi connectivity index (χ4v) is 3.09. The molecule has 0 amide bonds. The van der Waals surface area contributed by atoms with Crippen molar-refractivity contribution >= 4 is 22.8 Å². The van der Waals surface area contributed by atoms with Gasteiger partial charge in [-0.1, -0.05) is 25.3 Å². The third kappa shape index (κ3) is 5.38. The SMILES string of the molecule is O=C(/C=C/c1cccnc1)CCCCCCCn1ccc2cnccc21. The van der Waals surface area contributed by atoms with E-state index in [1.165, 1.54) is 30.2 Å². The van der Waals surface area contributed by atoms with Gasteiger partial charge in [-0.15, -0.1) is 0 Å². The van der Waals surface area contributed by atoms with Gasteiger partial charge in [0.2, 0.25) is 0 Å². The molecular weight excluding hydrogens is 322 g/mol. The minimum Gasteiger partial charge on any atom is -0.347 e. The Morgan fingerprint density at radius 2 is 1.81 bits per heavy atom. The average Bonchev–Trinajstić information content (AvgIpc) is 3.10. The van der Waals surface area contributed by atoms with Crippen molar-refractivity contribution in [2.45, 2.75) is 45.1 Å². The molecule has 3 heterocycles. The van der Waals surface area contributed by atoms with Gasteiger partial charge in [0.05, 0.1) is 5.52 Å². The van der Waals surface area contributed by atoms with E-state index in [0.29, 0.717) is 6.42 Å². The summed E-state index contributed by atoms with van der Waals surface area (Å²) in [5.74, 6) is 0.196. The first-order valence-corrected chi connectivity index (χ1v) is 9.33. The van der Waals surface area contributed by atoms with E-state index in [0.717, 1.165) is 24.9 Å². The average molecular weight is 347 g/mol. The van der Waals surface area contributed by atoms with Crippen LogP contribution in [0.15, 0.2) is 61.3 Å². The Morgan fingerprint density at radius 1 is 0.962 bits per heavy atom. The summed E-state index contributed by atoms with van der Waals surface area (Å²) in [7, 11) is 0. The molecule has 0 saturated carbocycles. The van der Waals surface area contributed by atoms with Gasteiger partial charge in [0.25, 0.3) is 0 Å². The van der Waals surface area contributed by atoms with Crippen LogP contribution < -0.4 is 0 Å². The van der Waals surface area contributed by atoms with Crippen LogP contribution in [-0.4, -0.2) is 20.3 Å². The molecule has 0 radical (unpaired) electrons. The lowest BCUT2D eigenvalue weighted by atomic mass is 10.1. The van der Waals surface area contributed by atoms with Crippen LogP contribution >= 0.6 is 0 Å². The van der Waals surface area contributed by atoms with Gasteiger partial charge in [0.1, 0.15) is 0 Å². The molecule has 4 nitrogen and oxygen atoms in total. The molecule has 0 aromatic carbocycles. The predicted molar refractivity (Wildman–Crippen MR) is 106 cm³/mol. The highest BCUT2D eigenvalue weighted by Gasteiger charge is 2.01. The van der Waals surface area contributed by atoms with E-state index in [-0.39, 0.29) is 5.78 Å². The number of carbonyl (C=O) groups excluding carboxylic acids is 1. The zero-order valence-electron chi connectivity index (χ0n) is 15.1. The standard InChI is InChI=1S/C22H25N3O/c26-21(10-9-19-7-6-13-23-17-19)8-4-2-1-3-5-15-25-16-12-20-18-24-14-11-22(20)25/h6-7,9-14,16-18H,1-5,8,15H2/b10-9+. The lowest BCUT2D eigenvalue weighted by Crippen LogP contribution is -1.96. The number of unbranched alkanes of at least 4 members (excludes halogenated alkanes) is 4. The van der Waals surface area contributed by atoms with Crippen LogP contribution in [0.4, 0.5) is 0 Å². The van der Waals surface area contributed by atoms with Crippen LogP contribution in [0.1, 0.15) is 44.1 Å². The molecule has 0 unspecified atom stereocenters. The normalized spacial score (nSPS) is 11.4. The largest absolute Gasteiger partial charge is 0.347 e. The monoisotopic (exact) mass is 347 g/mol. The summed E-state index contributed by atoms with van der Waals surface area (Å²) in [6.07, 6.45) is 19.2. The number of carbonyl (C=O) groups is 1. The zero-order valence-corrected chi connectivity index (χ0v) is 15.1. The number of nitrogens with zero attached hydrogens (tertiary/aromatic N) is 3. The lowest BCUT2D eigenvalue weighted by molar-refractivity contribution is -0.114. The molecular formula is C22H25N3O. The van der Waals surface area contributed by atoms with Gasteiger partial charge >= 0.3 is 0 Å². The molecule has 0 saturated heterocycles. The first-order chi connectivity index (χ1) is 12.8. The molecule has 3 aromatic rings. The van der Waals surface area contributed by atoms with Crippen LogP contribution in [0.3, 0.4) is 0 Å². The highest BCUT2D eigenvalue weighted by Crippen LogP contribution is 2.15. The first-order valence-electron chi connectivity index (χ1n) is 9.33. The minimum atomic E-state index is 0.196. The van der Waals surface area contributed by atoms with Crippen molar-refractivity contribution in [2.24, 2.45) is 0 Å². The summed E-state index contributed by atoms with van der Waals surface area (Å²) < 4.78 is 2.30. The molecule has 0 fully saturated rings.